The molecule has 0 bridgehead atoms. The fourth-order valence-corrected chi connectivity index (χ4v) is 1.21. The second-order valence-corrected chi connectivity index (χ2v) is 2.47. The van der Waals surface area contributed by atoms with Crippen molar-refractivity contribution in [2.75, 3.05) is 0 Å². The first-order valence-electron chi connectivity index (χ1n) is 3.37. The monoisotopic (exact) mass is 148 g/mol. The summed E-state index contributed by atoms with van der Waals surface area (Å²) in [5.41, 5.74) is 1.02. The molecule has 2 rings (SSSR count). The van der Waals surface area contributed by atoms with E-state index in [1.165, 1.54) is 6.20 Å². The van der Waals surface area contributed by atoms with E-state index in [-0.39, 0.29) is 5.78 Å². The number of carbonyl (C=O) groups excluding carboxylic acids is 1. The summed E-state index contributed by atoms with van der Waals surface area (Å²) in [5.74, 6) is 0.0251. The maximum atomic E-state index is 11.1. The van der Waals surface area contributed by atoms with E-state index >= 15 is 0 Å². The standard InChI is InChI=1S/C8H6NO2/c10-8-3-1-2-7-6(8)4-5-9(7)11/h1-2,4-5H,3H2/q+1. The quantitative estimate of drug-likeness (QED) is 0.482. The van der Waals surface area contributed by atoms with E-state index < -0.39 is 0 Å². The number of nitroso groups, excluding NO2 is 1. The molecule has 0 unspecified atom stereocenters. The van der Waals surface area contributed by atoms with E-state index in [4.69, 9.17) is 0 Å². The molecular weight excluding hydrogens is 142 g/mol. The summed E-state index contributed by atoms with van der Waals surface area (Å²) in [5, 5.41) is 0. The number of rotatable bonds is 0. The van der Waals surface area contributed by atoms with Gasteiger partial charge in [0.15, 0.2) is 5.78 Å². The number of ketones is 1. The zero-order valence-corrected chi connectivity index (χ0v) is 5.78. The molecule has 0 saturated heterocycles. The smallest absolute Gasteiger partial charge is 0.273 e. The Bertz CT molecular complexity index is 334. The zero-order chi connectivity index (χ0) is 7.84. The molecular formula is C8H6NO2+. The predicted octanol–water partition coefficient (Wildman–Crippen LogP) is 1.08. The van der Waals surface area contributed by atoms with Crippen LogP contribution in [0.3, 0.4) is 0 Å². The molecule has 3 heteroatoms. The number of hydrogen-bond donors (Lipinski definition) is 0. The van der Waals surface area contributed by atoms with Crippen molar-refractivity contribution < 1.29 is 9.55 Å². The third-order valence-corrected chi connectivity index (χ3v) is 1.77. The average molecular weight is 148 g/mol. The van der Waals surface area contributed by atoms with Crippen LogP contribution in [0.1, 0.15) is 6.42 Å². The van der Waals surface area contributed by atoms with Gasteiger partial charge in [-0.05, 0) is 0 Å². The van der Waals surface area contributed by atoms with Gasteiger partial charge in [0.1, 0.15) is 5.57 Å². The SMILES string of the molecule is O=C1CC=CC2=C1C=C[N+]2=O. The molecule has 3 nitrogen and oxygen atoms in total. The van der Waals surface area contributed by atoms with Gasteiger partial charge in [0.2, 0.25) is 6.20 Å². The molecule has 0 amide bonds. The third-order valence-electron chi connectivity index (χ3n) is 1.77. The van der Waals surface area contributed by atoms with Crippen LogP contribution in [0.5, 0.6) is 0 Å². The van der Waals surface area contributed by atoms with Crippen molar-refractivity contribution in [2.24, 2.45) is 0 Å². The molecule has 0 aromatic rings. The van der Waals surface area contributed by atoms with Crippen molar-refractivity contribution in [3.05, 3.63) is 40.6 Å². The summed E-state index contributed by atoms with van der Waals surface area (Å²) in [6.45, 7) is 0. The van der Waals surface area contributed by atoms with Crippen LogP contribution >= 0.6 is 0 Å². The van der Waals surface area contributed by atoms with Gasteiger partial charge in [-0.2, -0.15) is 0 Å². The Morgan fingerprint density at radius 2 is 2.18 bits per heavy atom. The molecule has 0 fully saturated rings. The van der Waals surface area contributed by atoms with Gasteiger partial charge < -0.3 is 0 Å². The number of Topliss-reactive ketones (excluding diaryl/α,β-unsaturated/α-hetero) is 1. The van der Waals surface area contributed by atoms with E-state index in [2.05, 4.69) is 0 Å². The molecule has 0 radical (unpaired) electrons. The Balaban J connectivity index is 2.56. The Morgan fingerprint density at radius 1 is 1.36 bits per heavy atom. The maximum absolute atomic E-state index is 11.1. The molecule has 0 saturated carbocycles. The number of carbonyl (C=O) groups is 1. The first kappa shape index (κ1) is 6.22. The average Bonchev–Trinajstić information content (AvgIpc) is 2.35. The molecule has 0 aromatic heterocycles. The largest absolute Gasteiger partial charge is 0.294 e. The van der Waals surface area contributed by atoms with Gasteiger partial charge in [-0.25, -0.2) is 0 Å². The van der Waals surface area contributed by atoms with Gasteiger partial charge in [-0.1, -0.05) is 6.08 Å². The molecule has 1 aliphatic heterocycles. The van der Waals surface area contributed by atoms with Crippen molar-refractivity contribution in [2.45, 2.75) is 6.42 Å². The lowest BCUT2D eigenvalue weighted by atomic mass is 10.0. The molecule has 0 atom stereocenters. The summed E-state index contributed by atoms with van der Waals surface area (Å²) < 4.78 is 0.711. The van der Waals surface area contributed by atoms with Crippen LogP contribution in [0.25, 0.3) is 0 Å². The van der Waals surface area contributed by atoms with Crippen LogP contribution in [0.2, 0.25) is 0 Å². The molecule has 0 aromatic carbocycles. The topological polar surface area (TPSA) is 37.1 Å². The van der Waals surface area contributed by atoms with Crippen LogP contribution in [-0.4, -0.2) is 10.5 Å². The van der Waals surface area contributed by atoms with Crippen molar-refractivity contribution in [3.63, 3.8) is 0 Å². The van der Waals surface area contributed by atoms with Crippen LogP contribution in [-0.2, 0) is 4.79 Å². The molecule has 11 heavy (non-hydrogen) atoms. The number of nitrogens with zero attached hydrogens (tertiary/aromatic N) is 1. The summed E-state index contributed by atoms with van der Waals surface area (Å²) in [4.78, 5) is 22.0. The summed E-state index contributed by atoms with van der Waals surface area (Å²) in [6.07, 6.45) is 6.73. The van der Waals surface area contributed by atoms with Gasteiger partial charge in [-0.3, -0.25) is 4.79 Å². The van der Waals surface area contributed by atoms with Gasteiger partial charge in [-0.15, -0.1) is 0 Å². The highest BCUT2D eigenvalue weighted by Crippen LogP contribution is 2.22. The van der Waals surface area contributed by atoms with Gasteiger partial charge in [0.25, 0.3) is 5.70 Å². The van der Waals surface area contributed by atoms with E-state index in [0.29, 0.717) is 22.5 Å². The van der Waals surface area contributed by atoms with Crippen molar-refractivity contribution in [1.29, 1.82) is 0 Å². The Morgan fingerprint density at radius 3 is 2.91 bits per heavy atom. The molecule has 2 aliphatic rings. The van der Waals surface area contributed by atoms with Crippen LogP contribution < -0.4 is 0 Å². The van der Waals surface area contributed by atoms with Crippen molar-refractivity contribution in [1.82, 2.24) is 0 Å². The Hall–Kier alpha value is -1.51. The van der Waals surface area contributed by atoms with Gasteiger partial charge in [0, 0.05) is 23.5 Å². The molecule has 0 N–H and O–H groups in total. The van der Waals surface area contributed by atoms with Crippen molar-refractivity contribution in [3.8, 4) is 0 Å². The van der Waals surface area contributed by atoms with E-state index in [1.54, 1.807) is 18.2 Å². The Labute approximate surface area is 63.3 Å². The molecule has 54 valence electrons. The minimum Gasteiger partial charge on any atom is -0.294 e. The second-order valence-electron chi connectivity index (χ2n) is 2.47. The Kier molecular flexibility index (Phi) is 1.12. The predicted molar refractivity (Wildman–Crippen MR) is 38.6 cm³/mol. The maximum Gasteiger partial charge on any atom is 0.273 e. The third kappa shape index (κ3) is 0.774. The summed E-state index contributed by atoms with van der Waals surface area (Å²) in [7, 11) is 0. The van der Waals surface area contributed by atoms with Gasteiger partial charge >= 0.3 is 0 Å². The first-order valence-corrected chi connectivity index (χ1v) is 3.37. The minimum atomic E-state index is 0.0251. The van der Waals surface area contributed by atoms with Crippen molar-refractivity contribution >= 4 is 5.78 Å². The lowest BCUT2D eigenvalue weighted by molar-refractivity contribution is -0.414. The fraction of sp³-hybridized carbons (Fsp3) is 0.125. The number of hydrogen-bond acceptors (Lipinski definition) is 2. The molecule has 1 aliphatic carbocycles. The number of allylic oxidation sites excluding steroid dienone is 4. The lowest BCUT2D eigenvalue weighted by Crippen LogP contribution is -2.06. The van der Waals surface area contributed by atoms with E-state index in [0.717, 1.165) is 0 Å². The lowest BCUT2D eigenvalue weighted by Gasteiger charge is -1.97. The van der Waals surface area contributed by atoms with Gasteiger partial charge in [0.05, 0.1) is 4.76 Å². The highest BCUT2D eigenvalue weighted by atomic mass is 16.3. The fourth-order valence-electron chi connectivity index (χ4n) is 1.21. The molecule has 1 heterocycles. The minimum absolute atomic E-state index is 0.0251. The first-order chi connectivity index (χ1) is 5.29. The molecule has 0 spiro atoms. The van der Waals surface area contributed by atoms with Crippen LogP contribution in [0, 0.1) is 4.91 Å². The normalized spacial score (nSPS) is 21.5. The van der Waals surface area contributed by atoms with Crippen LogP contribution in [0.4, 0.5) is 0 Å². The summed E-state index contributed by atoms with van der Waals surface area (Å²) >= 11 is 0. The van der Waals surface area contributed by atoms with E-state index in [9.17, 15) is 9.70 Å². The summed E-state index contributed by atoms with van der Waals surface area (Å²) in [6, 6.07) is 0. The highest BCUT2D eigenvalue weighted by Gasteiger charge is 2.30. The highest BCUT2D eigenvalue weighted by molar-refractivity contribution is 6.01. The zero-order valence-electron chi connectivity index (χ0n) is 5.78. The van der Waals surface area contributed by atoms with Crippen LogP contribution in [0.15, 0.2) is 35.7 Å². The van der Waals surface area contributed by atoms with E-state index in [1.807, 2.05) is 0 Å². The second kappa shape index (κ2) is 1.99.